The first-order chi connectivity index (χ1) is 17.4. The molecule has 4 aromatic rings. The molecule has 0 bridgehead atoms. The van der Waals surface area contributed by atoms with Gasteiger partial charge in [0.1, 0.15) is 6.54 Å². The number of rotatable bonds is 9. The summed E-state index contributed by atoms with van der Waals surface area (Å²) < 4.78 is 13.0. The second-order valence-electron chi connectivity index (χ2n) is 8.00. The first kappa shape index (κ1) is 25.0. The predicted octanol–water partition coefficient (Wildman–Crippen LogP) is 2.79. The molecule has 186 valence electrons. The lowest BCUT2D eigenvalue weighted by Crippen LogP contribution is -2.43. The summed E-state index contributed by atoms with van der Waals surface area (Å²) in [4.78, 5) is 43.4. The first-order valence-electron chi connectivity index (χ1n) is 11.2. The molecule has 0 unspecified atom stereocenters. The highest BCUT2D eigenvalue weighted by Crippen LogP contribution is 2.27. The summed E-state index contributed by atoms with van der Waals surface area (Å²) in [6, 6.07) is 15.8. The minimum absolute atomic E-state index is 0.0981. The number of carbonyl (C=O) groups excluding carboxylic acids is 1. The minimum atomic E-state index is -0.589. The van der Waals surface area contributed by atoms with Crippen molar-refractivity contribution >= 4 is 28.5 Å². The van der Waals surface area contributed by atoms with Crippen LogP contribution in [0.4, 0.5) is 0 Å². The molecule has 0 aliphatic heterocycles. The molecule has 4 rings (SSSR count). The lowest BCUT2D eigenvalue weighted by Gasteiger charge is -2.14. The number of ether oxygens (including phenoxy) is 2. The van der Waals surface area contributed by atoms with Gasteiger partial charge in [-0.15, -0.1) is 0 Å². The Morgan fingerprint density at radius 2 is 1.78 bits per heavy atom. The molecule has 36 heavy (non-hydrogen) atoms. The monoisotopic (exact) mass is 508 g/mol. The van der Waals surface area contributed by atoms with Crippen LogP contribution in [-0.4, -0.2) is 34.2 Å². The molecule has 0 saturated heterocycles. The van der Waals surface area contributed by atoms with Gasteiger partial charge in [0.15, 0.2) is 17.0 Å². The smallest absolute Gasteiger partial charge is 0.332 e. The molecule has 0 atom stereocenters. The number of amides is 1. The summed E-state index contributed by atoms with van der Waals surface area (Å²) in [5.41, 5.74) is 0.916. The van der Waals surface area contributed by atoms with Crippen molar-refractivity contribution in [3.05, 3.63) is 97.8 Å². The van der Waals surface area contributed by atoms with Gasteiger partial charge in [0, 0.05) is 24.3 Å². The Labute approximate surface area is 211 Å². The van der Waals surface area contributed by atoms with Crippen LogP contribution in [0.25, 0.3) is 11.0 Å². The molecule has 1 amide bonds. The highest BCUT2D eigenvalue weighted by atomic mass is 35.5. The van der Waals surface area contributed by atoms with Gasteiger partial charge in [-0.2, -0.15) is 0 Å². The Morgan fingerprint density at radius 1 is 1.00 bits per heavy atom. The zero-order valence-electron chi connectivity index (χ0n) is 19.9. The van der Waals surface area contributed by atoms with Crippen LogP contribution < -0.4 is 26.0 Å². The maximum atomic E-state index is 13.4. The van der Waals surface area contributed by atoms with Gasteiger partial charge in [-0.1, -0.05) is 35.9 Å². The molecule has 0 radical (unpaired) electrons. The van der Waals surface area contributed by atoms with E-state index < -0.39 is 17.2 Å². The third-order valence-corrected chi connectivity index (χ3v) is 6.16. The van der Waals surface area contributed by atoms with E-state index in [-0.39, 0.29) is 25.2 Å². The Kier molecular flexibility index (Phi) is 7.70. The van der Waals surface area contributed by atoms with Crippen LogP contribution >= 0.6 is 11.6 Å². The molecule has 0 aliphatic rings. The fourth-order valence-electron chi connectivity index (χ4n) is 3.90. The van der Waals surface area contributed by atoms with Gasteiger partial charge >= 0.3 is 5.69 Å². The van der Waals surface area contributed by atoms with Gasteiger partial charge in [0.25, 0.3) is 5.56 Å². The number of hydrogen-bond acceptors (Lipinski definition) is 6. The topological polar surface area (TPSA) is 104 Å². The third-order valence-electron chi connectivity index (χ3n) is 5.79. The highest BCUT2D eigenvalue weighted by Gasteiger charge is 2.17. The van der Waals surface area contributed by atoms with Gasteiger partial charge in [-0.3, -0.25) is 18.7 Å². The maximum Gasteiger partial charge on any atom is 0.332 e. The number of aromatic nitrogens is 3. The highest BCUT2D eigenvalue weighted by molar-refractivity contribution is 6.31. The minimum Gasteiger partial charge on any atom is -0.493 e. The maximum absolute atomic E-state index is 13.4. The second kappa shape index (κ2) is 11.1. The van der Waals surface area contributed by atoms with Crippen LogP contribution in [-0.2, 0) is 30.8 Å². The van der Waals surface area contributed by atoms with Gasteiger partial charge in [-0.05, 0) is 47.9 Å². The van der Waals surface area contributed by atoms with E-state index in [4.69, 9.17) is 21.1 Å². The van der Waals surface area contributed by atoms with Crippen molar-refractivity contribution in [1.29, 1.82) is 0 Å². The first-order valence-corrected chi connectivity index (χ1v) is 11.6. The summed E-state index contributed by atoms with van der Waals surface area (Å²) in [6.45, 7) is 0.0331. The zero-order chi connectivity index (χ0) is 25.7. The molecular weight excluding hydrogens is 484 g/mol. The van der Waals surface area contributed by atoms with Crippen molar-refractivity contribution in [3.8, 4) is 11.5 Å². The molecule has 0 aliphatic carbocycles. The number of hydrogen-bond donors (Lipinski definition) is 1. The second-order valence-corrected chi connectivity index (χ2v) is 8.41. The van der Waals surface area contributed by atoms with Gasteiger partial charge in [0.2, 0.25) is 5.91 Å². The number of fused-ring (bicyclic) bond motifs is 1. The quantitative estimate of drug-likeness (QED) is 0.373. The normalized spacial score (nSPS) is 10.9. The number of benzene rings is 2. The number of nitrogens with zero attached hydrogens (tertiary/aromatic N) is 3. The average Bonchev–Trinajstić information content (AvgIpc) is 2.90. The van der Waals surface area contributed by atoms with Crippen molar-refractivity contribution in [2.24, 2.45) is 0 Å². The summed E-state index contributed by atoms with van der Waals surface area (Å²) in [5, 5.41) is 3.31. The van der Waals surface area contributed by atoms with Crippen LogP contribution in [0.1, 0.15) is 11.1 Å². The fourth-order valence-corrected chi connectivity index (χ4v) is 4.11. The molecule has 1 N–H and O–H groups in total. The number of carbonyl (C=O) groups is 1. The van der Waals surface area contributed by atoms with E-state index in [2.05, 4.69) is 10.3 Å². The van der Waals surface area contributed by atoms with E-state index in [1.54, 1.807) is 43.5 Å². The van der Waals surface area contributed by atoms with E-state index in [1.165, 1.54) is 17.9 Å². The summed E-state index contributed by atoms with van der Waals surface area (Å²) in [6.07, 6.45) is 1.86. The summed E-state index contributed by atoms with van der Waals surface area (Å²) in [5.74, 6) is 0.737. The SMILES string of the molecule is COc1ccc(CCn2c(=O)c3ncccc3n(CC(=O)NCc3ccccc3Cl)c2=O)cc1OC. The Balaban J connectivity index is 1.62. The van der Waals surface area contributed by atoms with Crippen LogP contribution in [0.3, 0.4) is 0 Å². The third kappa shape index (κ3) is 5.26. The lowest BCUT2D eigenvalue weighted by molar-refractivity contribution is -0.121. The van der Waals surface area contributed by atoms with Crippen molar-refractivity contribution in [3.63, 3.8) is 0 Å². The molecule has 2 aromatic carbocycles. The summed E-state index contributed by atoms with van der Waals surface area (Å²) >= 11 is 6.16. The number of nitrogens with one attached hydrogen (secondary N) is 1. The van der Waals surface area contributed by atoms with Crippen LogP contribution in [0.15, 0.2) is 70.4 Å². The van der Waals surface area contributed by atoms with Crippen LogP contribution in [0.5, 0.6) is 11.5 Å². The van der Waals surface area contributed by atoms with Crippen LogP contribution in [0, 0.1) is 0 Å². The Bertz CT molecular complexity index is 1530. The number of methoxy groups -OCH3 is 2. The van der Waals surface area contributed by atoms with Crippen molar-refractivity contribution < 1.29 is 14.3 Å². The lowest BCUT2D eigenvalue weighted by atomic mass is 10.1. The predicted molar refractivity (Wildman–Crippen MR) is 137 cm³/mol. The van der Waals surface area contributed by atoms with E-state index in [9.17, 15) is 14.4 Å². The van der Waals surface area contributed by atoms with Gasteiger partial charge < -0.3 is 14.8 Å². The van der Waals surface area contributed by atoms with Gasteiger partial charge in [-0.25, -0.2) is 9.78 Å². The Morgan fingerprint density at radius 3 is 2.53 bits per heavy atom. The largest absolute Gasteiger partial charge is 0.493 e. The number of aryl methyl sites for hydroxylation is 1. The fraction of sp³-hybridized carbons (Fsp3) is 0.231. The molecule has 9 nitrogen and oxygen atoms in total. The molecule has 0 saturated carbocycles. The van der Waals surface area contributed by atoms with Gasteiger partial charge in [0.05, 0.1) is 19.7 Å². The number of pyridine rings is 1. The molecule has 2 heterocycles. The molecule has 2 aromatic heterocycles. The van der Waals surface area contributed by atoms with E-state index in [0.717, 1.165) is 15.7 Å². The standard InChI is InChI=1S/C26H25ClN4O5/c1-35-21-10-9-17(14-22(21)36-2)11-13-30-25(33)24-20(8-5-12-28-24)31(26(30)34)16-23(32)29-15-18-6-3-4-7-19(18)27/h3-10,12,14H,11,13,15-16H2,1-2H3,(H,29,32). The van der Waals surface area contributed by atoms with E-state index in [1.807, 2.05) is 18.2 Å². The van der Waals surface area contributed by atoms with E-state index >= 15 is 0 Å². The average molecular weight is 509 g/mol. The molecule has 0 fully saturated rings. The number of halogens is 1. The van der Waals surface area contributed by atoms with Crippen molar-refractivity contribution in [1.82, 2.24) is 19.4 Å². The molecule has 0 spiro atoms. The summed E-state index contributed by atoms with van der Waals surface area (Å²) in [7, 11) is 3.09. The Hall–Kier alpha value is -4.11. The molecular formula is C26H25ClN4O5. The van der Waals surface area contributed by atoms with E-state index in [0.29, 0.717) is 28.5 Å². The van der Waals surface area contributed by atoms with Crippen LogP contribution in [0.2, 0.25) is 5.02 Å². The molecule has 10 heteroatoms. The zero-order valence-corrected chi connectivity index (χ0v) is 20.6. The van der Waals surface area contributed by atoms with Crippen molar-refractivity contribution in [2.45, 2.75) is 26.1 Å². The van der Waals surface area contributed by atoms with Crippen molar-refractivity contribution in [2.75, 3.05) is 14.2 Å².